The Labute approximate surface area is 120 Å². The maximum absolute atomic E-state index is 12.6. The van der Waals surface area contributed by atoms with Crippen molar-refractivity contribution in [2.75, 3.05) is 13.2 Å². The summed E-state index contributed by atoms with van der Waals surface area (Å²) in [6, 6.07) is 9.88. The number of amides is 1. The Balaban J connectivity index is 2.10. The van der Waals surface area contributed by atoms with Crippen molar-refractivity contribution in [3.63, 3.8) is 0 Å². The van der Waals surface area contributed by atoms with Gasteiger partial charge in [-0.25, -0.2) is 0 Å². The van der Waals surface area contributed by atoms with E-state index in [2.05, 4.69) is 12.2 Å². The Morgan fingerprint density at radius 2 is 2.20 bits per heavy atom. The van der Waals surface area contributed by atoms with Crippen LogP contribution in [0.15, 0.2) is 30.3 Å². The average molecular weight is 276 g/mol. The number of carbonyl (C=O) groups is 1. The largest absolute Gasteiger partial charge is 0.379 e. The molecule has 4 nitrogen and oxygen atoms in total. The minimum atomic E-state index is -0.624. The summed E-state index contributed by atoms with van der Waals surface area (Å²) < 4.78 is 5.35. The molecule has 1 heterocycles. The second-order valence-corrected chi connectivity index (χ2v) is 5.76. The normalized spacial score (nSPS) is 27.2. The molecule has 1 saturated heterocycles. The number of nitrogens with one attached hydrogen (secondary N) is 1. The van der Waals surface area contributed by atoms with Crippen molar-refractivity contribution in [1.29, 1.82) is 0 Å². The van der Waals surface area contributed by atoms with Gasteiger partial charge in [0, 0.05) is 6.04 Å². The lowest BCUT2D eigenvalue weighted by Gasteiger charge is -2.29. The zero-order valence-electron chi connectivity index (χ0n) is 12.3. The van der Waals surface area contributed by atoms with Gasteiger partial charge in [0.1, 0.15) is 0 Å². The molecule has 1 aromatic carbocycles. The second-order valence-electron chi connectivity index (χ2n) is 5.76. The van der Waals surface area contributed by atoms with Gasteiger partial charge in [-0.1, -0.05) is 43.7 Å². The summed E-state index contributed by atoms with van der Waals surface area (Å²) in [4.78, 5) is 12.6. The molecule has 1 aromatic rings. The van der Waals surface area contributed by atoms with E-state index in [9.17, 15) is 4.79 Å². The minimum absolute atomic E-state index is 0.00944. The van der Waals surface area contributed by atoms with E-state index in [1.807, 2.05) is 37.3 Å². The highest BCUT2D eigenvalue weighted by Crippen LogP contribution is 2.29. The van der Waals surface area contributed by atoms with Crippen LogP contribution in [-0.2, 0) is 9.53 Å². The number of benzene rings is 1. The first-order chi connectivity index (χ1) is 9.58. The zero-order valence-corrected chi connectivity index (χ0v) is 12.3. The number of hydrogen-bond acceptors (Lipinski definition) is 3. The van der Waals surface area contributed by atoms with Crippen LogP contribution in [0.25, 0.3) is 0 Å². The summed E-state index contributed by atoms with van der Waals surface area (Å²) in [6.45, 7) is 4.85. The summed E-state index contributed by atoms with van der Waals surface area (Å²) in [5.74, 6) is -0.00944. The van der Waals surface area contributed by atoms with E-state index in [0.29, 0.717) is 13.2 Å². The van der Waals surface area contributed by atoms with E-state index in [1.165, 1.54) is 0 Å². The van der Waals surface area contributed by atoms with E-state index in [1.54, 1.807) is 0 Å². The van der Waals surface area contributed by atoms with Gasteiger partial charge in [0.05, 0.1) is 24.7 Å². The molecule has 1 amide bonds. The van der Waals surface area contributed by atoms with Crippen molar-refractivity contribution < 1.29 is 9.53 Å². The molecule has 0 aliphatic carbocycles. The van der Waals surface area contributed by atoms with Crippen LogP contribution in [0.1, 0.15) is 38.3 Å². The molecule has 110 valence electrons. The molecule has 0 spiro atoms. The molecule has 0 aromatic heterocycles. The topological polar surface area (TPSA) is 64.3 Å². The zero-order chi connectivity index (χ0) is 14.6. The first-order valence-corrected chi connectivity index (χ1v) is 7.27. The Morgan fingerprint density at radius 1 is 1.50 bits per heavy atom. The van der Waals surface area contributed by atoms with Gasteiger partial charge < -0.3 is 15.8 Å². The third-order valence-electron chi connectivity index (χ3n) is 4.12. The number of ether oxygens (including phenoxy) is 1. The number of nitrogens with two attached hydrogens (primary N) is 1. The van der Waals surface area contributed by atoms with Crippen molar-refractivity contribution in [2.24, 2.45) is 11.1 Å². The Hall–Kier alpha value is -1.39. The lowest BCUT2D eigenvalue weighted by molar-refractivity contribution is -0.131. The average Bonchev–Trinajstić information content (AvgIpc) is 2.80. The summed E-state index contributed by atoms with van der Waals surface area (Å²) in [5, 5.41) is 3.15. The lowest BCUT2D eigenvalue weighted by atomic mass is 9.84. The van der Waals surface area contributed by atoms with Gasteiger partial charge >= 0.3 is 0 Å². The Bertz CT molecular complexity index is 449. The molecule has 0 saturated carbocycles. The molecule has 1 aliphatic heterocycles. The Kier molecular flexibility index (Phi) is 4.78. The smallest absolute Gasteiger partial charge is 0.230 e. The fourth-order valence-electron chi connectivity index (χ4n) is 2.54. The third kappa shape index (κ3) is 3.02. The molecule has 20 heavy (non-hydrogen) atoms. The monoisotopic (exact) mass is 276 g/mol. The summed E-state index contributed by atoms with van der Waals surface area (Å²) in [6.07, 6.45) is 1.93. The fraction of sp³-hybridized carbons (Fsp3) is 0.562. The van der Waals surface area contributed by atoms with Crippen LogP contribution >= 0.6 is 0 Å². The van der Waals surface area contributed by atoms with Gasteiger partial charge in [-0.05, 0) is 18.9 Å². The highest BCUT2D eigenvalue weighted by Gasteiger charge is 2.44. The molecule has 1 aliphatic rings. The van der Waals surface area contributed by atoms with Crippen LogP contribution < -0.4 is 11.1 Å². The fourth-order valence-corrected chi connectivity index (χ4v) is 2.54. The molecule has 0 bridgehead atoms. The molecule has 3 N–H and O–H groups in total. The first-order valence-electron chi connectivity index (χ1n) is 7.27. The van der Waals surface area contributed by atoms with Crippen LogP contribution in [0, 0.1) is 5.41 Å². The van der Waals surface area contributed by atoms with E-state index in [-0.39, 0.29) is 18.0 Å². The molecular formula is C16H24N2O2. The predicted molar refractivity (Wildman–Crippen MR) is 79.1 cm³/mol. The molecule has 0 radical (unpaired) electrons. The van der Waals surface area contributed by atoms with Gasteiger partial charge in [-0.15, -0.1) is 0 Å². The van der Waals surface area contributed by atoms with E-state index in [0.717, 1.165) is 18.4 Å². The quantitative estimate of drug-likeness (QED) is 0.864. The summed E-state index contributed by atoms with van der Waals surface area (Å²) >= 11 is 0. The van der Waals surface area contributed by atoms with E-state index >= 15 is 0 Å². The van der Waals surface area contributed by atoms with Crippen molar-refractivity contribution in [1.82, 2.24) is 5.32 Å². The molecule has 2 rings (SSSR count). The molecule has 3 unspecified atom stereocenters. The molecule has 1 fully saturated rings. The third-order valence-corrected chi connectivity index (χ3v) is 4.12. The van der Waals surface area contributed by atoms with Crippen LogP contribution in [-0.4, -0.2) is 25.2 Å². The maximum Gasteiger partial charge on any atom is 0.230 e. The minimum Gasteiger partial charge on any atom is -0.379 e. The van der Waals surface area contributed by atoms with Gasteiger partial charge in [-0.3, -0.25) is 4.79 Å². The predicted octanol–water partition coefficient (Wildman–Crippen LogP) is 2.01. The van der Waals surface area contributed by atoms with Crippen molar-refractivity contribution in [2.45, 2.75) is 38.8 Å². The summed E-state index contributed by atoms with van der Waals surface area (Å²) in [5.41, 5.74) is 6.53. The van der Waals surface area contributed by atoms with Gasteiger partial charge in [-0.2, -0.15) is 0 Å². The van der Waals surface area contributed by atoms with Gasteiger partial charge in [0.2, 0.25) is 5.91 Å². The number of rotatable bonds is 5. The highest BCUT2D eigenvalue weighted by molar-refractivity contribution is 5.84. The van der Waals surface area contributed by atoms with Crippen LogP contribution in [0.5, 0.6) is 0 Å². The van der Waals surface area contributed by atoms with E-state index in [4.69, 9.17) is 10.5 Å². The first kappa shape index (κ1) is 15.0. The Morgan fingerprint density at radius 3 is 2.75 bits per heavy atom. The second kappa shape index (κ2) is 6.37. The summed E-state index contributed by atoms with van der Waals surface area (Å²) in [7, 11) is 0. The van der Waals surface area contributed by atoms with Crippen molar-refractivity contribution in [3.8, 4) is 0 Å². The lowest BCUT2D eigenvalue weighted by Crippen LogP contribution is -2.50. The van der Waals surface area contributed by atoms with E-state index < -0.39 is 5.41 Å². The number of carbonyl (C=O) groups excluding carboxylic acids is 1. The van der Waals surface area contributed by atoms with Crippen molar-refractivity contribution >= 4 is 5.91 Å². The molecular weight excluding hydrogens is 252 g/mol. The van der Waals surface area contributed by atoms with Gasteiger partial charge in [0.25, 0.3) is 0 Å². The molecule has 4 heteroatoms. The van der Waals surface area contributed by atoms with Crippen LogP contribution in [0.4, 0.5) is 0 Å². The standard InChI is InChI=1S/C16H24N2O2/c1-3-7-13(12-8-5-4-6-9-12)18-15(19)16(2)11-20-10-14(16)17/h4-6,8-9,13-14H,3,7,10-11,17H2,1-2H3,(H,18,19). The van der Waals surface area contributed by atoms with Crippen LogP contribution in [0.2, 0.25) is 0 Å². The molecule has 3 atom stereocenters. The van der Waals surface area contributed by atoms with Gasteiger partial charge in [0.15, 0.2) is 0 Å². The number of hydrogen-bond donors (Lipinski definition) is 2. The maximum atomic E-state index is 12.6. The SMILES string of the molecule is CCCC(NC(=O)C1(C)COCC1N)c1ccccc1. The van der Waals surface area contributed by atoms with Crippen LogP contribution in [0.3, 0.4) is 0 Å². The van der Waals surface area contributed by atoms with Crippen molar-refractivity contribution in [3.05, 3.63) is 35.9 Å². The highest BCUT2D eigenvalue weighted by atomic mass is 16.5.